The van der Waals surface area contributed by atoms with Gasteiger partial charge in [-0.3, -0.25) is 4.79 Å². The lowest BCUT2D eigenvalue weighted by atomic mass is 10.0. The van der Waals surface area contributed by atoms with Crippen molar-refractivity contribution < 1.29 is 14.0 Å². The van der Waals surface area contributed by atoms with Gasteiger partial charge in [-0.15, -0.1) is 0 Å². The van der Waals surface area contributed by atoms with Gasteiger partial charge in [0.2, 0.25) is 0 Å². The van der Waals surface area contributed by atoms with Crippen LogP contribution >= 0.6 is 0 Å². The van der Waals surface area contributed by atoms with E-state index in [-0.39, 0.29) is 22.9 Å². The molecule has 0 saturated carbocycles. The Kier molecular flexibility index (Phi) is 8.56. The monoisotopic (exact) mass is 493 g/mol. The van der Waals surface area contributed by atoms with Gasteiger partial charge < -0.3 is 19.5 Å². The van der Waals surface area contributed by atoms with Gasteiger partial charge >= 0.3 is 0 Å². The fourth-order valence-electron chi connectivity index (χ4n) is 3.88. The average molecular weight is 494 g/mol. The van der Waals surface area contributed by atoms with Crippen LogP contribution in [0.15, 0.2) is 67.1 Å². The Balaban J connectivity index is 1.80. The highest BCUT2D eigenvalue weighted by molar-refractivity contribution is 6.74. The molecule has 0 bridgehead atoms. The minimum absolute atomic E-state index is 0.00750. The second-order valence-corrected chi connectivity index (χ2v) is 15.4. The van der Waals surface area contributed by atoms with E-state index in [0.717, 1.165) is 29.7 Å². The molecule has 0 unspecified atom stereocenters. The fourth-order valence-corrected chi connectivity index (χ4v) is 5.32. The number of carbonyl (C=O) groups is 1. The molecule has 0 aliphatic carbocycles. The Hall–Kier alpha value is -2.90. The van der Waals surface area contributed by atoms with Gasteiger partial charge in [0.1, 0.15) is 18.1 Å². The number of carbonyl (C=O) groups excluding carboxylic acids is 1. The van der Waals surface area contributed by atoms with Crippen LogP contribution < -0.4 is 10.5 Å². The van der Waals surface area contributed by atoms with Crippen LogP contribution in [-0.2, 0) is 17.5 Å². The predicted molar refractivity (Wildman–Crippen MR) is 143 cm³/mol. The highest BCUT2D eigenvalue weighted by atomic mass is 28.4. The van der Waals surface area contributed by atoms with E-state index in [1.54, 1.807) is 12.5 Å². The summed E-state index contributed by atoms with van der Waals surface area (Å²) in [6.07, 6.45) is 4.95. The standard InChI is InChI=1S/C28H39N3O3Si/c1-21(34-35(5,6)28(2,3)4)25(31-18-24(27(29)32)30-20-31)17-16-23-14-10-11-15-26(23)33-19-22-12-8-7-9-13-22/h7-15,18,20-21,25H,16-17,19H2,1-6H3,(H2,29,32)/t21-,25+/m0/s1. The largest absolute Gasteiger partial charge is 0.489 e. The van der Waals surface area contributed by atoms with Crippen molar-refractivity contribution in [1.29, 1.82) is 0 Å². The van der Waals surface area contributed by atoms with Crippen molar-refractivity contribution in [3.05, 3.63) is 83.9 Å². The molecule has 1 aromatic heterocycles. The van der Waals surface area contributed by atoms with E-state index in [1.807, 2.05) is 41.0 Å². The Labute approximate surface area is 210 Å². The van der Waals surface area contributed by atoms with Crippen LogP contribution in [0.5, 0.6) is 5.75 Å². The molecular formula is C28H39N3O3Si. The molecule has 3 aromatic rings. The van der Waals surface area contributed by atoms with Crippen molar-refractivity contribution in [3.8, 4) is 5.75 Å². The first kappa shape index (κ1) is 26.7. The first-order chi connectivity index (χ1) is 16.5. The predicted octanol–water partition coefficient (Wildman–Crippen LogP) is 6.15. The number of imidazole rings is 1. The van der Waals surface area contributed by atoms with E-state index in [9.17, 15) is 4.79 Å². The molecule has 0 spiro atoms. The third-order valence-corrected chi connectivity index (χ3v) is 11.6. The normalized spacial score (nSPS) is 13.9. The topological polar surface area (TPSA) is 79.4 Å². The number of hydrogen-bond acceptors (Lipinski definition) is 4. The maximum Gasteiger partial charge on any atom is 0.268 e. The summed E-state index contributed by atoms with van der Waals surface area (Å²) in [5.41, 5.74) is 8.01. The molecule has 2 atom stereocenters. The number of rotatable bonds is 11. The van der Waals surface area contributed by atoms with Crippen LogP contribution in [0.3, 0.4) is 0 Å². The van der Waals surface area contributed by atoms with Gasteiger partial charge in [-0.25, -0.2) is 4.98 Å². The van der Waals surface area contributed by atoms with E-state index < -0.39 is 14.2 Å². The van der Waals surface area contributed by atoms with Crippen molar-refractivity contribution in [2.24, 2.45) is 5.73 Å². The lowest BCUT2D eigenvalue weighted by Gasteiger charge is -2.40. The summed E-state index contributed by atoms with van der Waals surface area (Å²) in [4.78, 5) is 15.9. The molecule has 6 nitrogen and oxygen atoms in total. The summed E-state index contributed by atoms with van der Waals surface area (Å²) in [5, 5.41) is 0.0943. The third kappa shape index (κ3) is 7.05. The molecule has 1 amide bonds. The van der Waals surface area contributed by atoms with Gasteiger partial charge in [0.05, 0.1) is 18.5 Å². The van der Waals surface area contributed by atoms with Gasteiger partial charge in [0.25, 0.3) is 5.91 Å². The Morgan fingerprint density at radius 1 is 1.09 bits per heavy atom. The summed E-state index contributed by atoms with van der Waals surface area (Å²) in [6.45, 7) is 13.9. The minimum Gasteiger partial charge on any atom is -0.489 e. The Morgan fingerprint density at radius 3 is 2.37 bits per heavy atom. The average Bonchev–Trinajstić information content (AvgIpc) is 3.28. The molecule has 0 aliphatic rings. The second kappa shape index (κ2) is 11.2. The van der Waals surface area contributed by atoms with Crippen molar-refractivity contribution in [3.63, 3.8) is 0 Å². The van der Waals surface area contributed by atoms with E-state index in [2.05, 4.69) is 64.0 Å². The summed E-state index contributed by atoms with van der Waals surface area (Å²) in [5.74, 6) is 0.358. The Morgan fingerprint density at radius 2 is 1.74 bits per heavy atom. The number of nitrogens with zero attached hydrogens (tertiary/aromatic N) is 2. The summed E-state index contributed by atoms with van der Waals surface area (Å²) >= 11 is 0. The Bertz CT molecular complexity index is 1110. The lowest BCUT2D eigenvalue weighted by molar-refractivity contribution is 0.0995. The third-order valence-electron chi connectivity index (χ3n) is 6.98. The molecule has 188 valence electrons. The van der Waals surface area contributed by atoms with Crippen molar-refractivity contribution in [2.45, 2.75) is 77.4 Å². The minimum atomic E-state index is -2.00. The fraction of sp³-hybridized carbons (Fsp3) is 0.429. The van der Waals surface area contributed by atoms with E-state index in [0.29, 0.717) is 6.61 Å². The molecule has 0 fully saturated rings. The van der Waals surface area contributed by atoms with Crippen molar-refractivity contribution in [1.82, 2.24) is 9.55 Å². The van der Waals surface area contributed by atoms with Gasteiger partial charge in [0, 0.05) is 6.20 Å². The zero-order valence-electron chi connectivity index (χ0n) is 21.8. The first-order valence-corrected chi connectivity index (χ1v) is 15.1. The lowest BCUT2D eigenvalue weighted by Crippen LogP contribution is -2.45. The van der Waals surface area contributed by atoms with Crippen molar-refractivity contribution >= 4 is 14.2 Å². The molecule has 2 aromatic carbocycles. The molecule has 35 heavy (non-hydrogen) atoms. The zero-order valence-corrected chi connectivity index (χ0v) is 22.8. The number of primary amides is 1. The zero-order chi connectivity index (χ0) is 25.6. The highest BCUT2D eigenvalue weighted by Crippen LogP contribution is 2.39. The van der Waals surface area contributed by atoms with Gasteiger partial charge in [-0.05, 0) is 55.1 Å². The van der Waals surface area contributed by atoms with E-state index in [1.165, 1.54) is 0 Å². The maximum absolute atomic E-state index is 11.7. The van der Waals surface area contributed by atoms with E-state index in [4.69, 9.17) is 14.9 Å². The molecular weight excluding hydrogens is 454 g/mol. The molecule has 0 radical (unpaired) electrons. The van der Waals surface area contributed by atoms with Gasteiger partial charge in [0.15, 0.2) is 8.32 Å². The van der Waals surface area contributed by atoms with Crippen molar-refractivity contribution in [2.75, 3.05) is 0 Å². The molecule has 2 N–H and O–H groups in total. The quantitative estimate of drug-likeness (QED) is 0.325. The number of hydrogen-bond donors (Lipinski definition) is 1. The van der Waals surface area contributed by atoms with Crippen LogP contribution in [0, 0.1) is 0 Å². The number of amides is 1. The van der Waals surface area contributed by atoms with Gasteiger partial charge in [-0.1, -0.05) is 69.3 Å². The van der Waals surface area contributed by atoms with E-state index >= 15 is 0 Å². The second-order valence-electron chi connectivity index (χ2n) is 10.6. The summed E-state index contributed by atoms with van der Waals surface area (Å²) < 4.78 is 14.9. The maximum atomic E-state index is 11.7. The number of aromatic nitrogens is 2. The number of para-hydroxylation sites is 1. The highest BCUT2D eigenvalue weighted by Gasteiger charge is 2.40. The smallest absolute Gasteiger partial charge is 0.268 e. The summed E-state index contributed by atoms with van der Waals surface area (Å²) in [6, 6.07) is 18.3. The van der Waals surface area contributed by atoms with Crippen LogP contribution in [0.2, 0.25) is 18.1 Å². The SMILES string of the molecule is C[C@H](O[Si](C)(C)C(C)(C)C)[C@@H](CCc1ccccc1OCc1ccccc1)n1cnc(C(N)=O)c1. The number of aryl methyl sites for hydroxylation is 1. The number of benzene rings is 2. The van der Waals surface area contributed by atoms with Crippen LogP contribution in [0.1, 0.15) is 61.8 Å². The molecule has 3 rings (SSSR count). The first-order valence-electron chi connectivity index (χ1n) is 12.2. The number of nitrogens with two attached hydrogens (primary N) is 1. The van der Waals surface area contributed by atoms with Crippen LogP contribution in [-0.4, -0.2) is 29.9 Å². The molecule has 1 heterocycles. The number of ether oxygens (including phenoxy) is 1. The molecule has 0 aliphatic heterocycles. The molecule has 0 saturated heterocycles. The van der Waals surface area contributed by atoms with Crippen LogP contribution in [0.4, 0.5) is 0 Å². The summed E-state index contributed by atoms with van der Waals surface area (Å²) in [7, 11) is -2.00. The van der Waals surface area contributed by atoms with Gasteiger partial charge in [-0.2, -0.15) is 0 Å². The van der Waals surface area contributed by atoms with Crippen LogP contribution in [0.25, 0.3) is 0 Å². The molecule has 7 heteroatoms.